The van der Waals surface area contributed by atoms with Gasteiger partial charge in [-0.25, -0.2) is 4.39 Å². The van der Waals surface area contributed by atoms with Crippen LogP contribution in [0.3, 0.4) is 0 Å². The van der Waals surface area contributed by atoms with Crippen molar-refractivity contribution in [3.05, 3.63) is 98.2 Å². The summed E-state index contributed by atoms with van der Waals surface area (Å²) in [5.41, 5.74) is 4.10. The van der Waals surface area contributed by atoms with Gasteiger partial charge in [0.1, 0.15) is 18.3 Å². The second-order valence-electron chi connectivity index (χ2n) is 11.3. The Morgan fingerprint density at radius 1 is 0.978 bits per heavy atom. The van der Waals surface area contributed by atoms with Gasteiger partial charge in [-0.2, -0.15) is 13.2 Å². The smallest absolute Gasteiger partial charge is 0.430 e. The molecule has 13 heteroatoms. The predicted molar refractivity (Wildman–Crippen MR) is 152 cm³/mol. The van der Waals surface area contributed by atoms with Crippen LogP contribution >= 0.6 is 0 Å². The zero-order valence-electron chi connectivity index (χ0n) is 24.9. The third-order valence-corrected chi connectivity index (χ3v) is 8.51. The first-order valence-corrected chi connectivity index (χ1v) is 14.6. The van der Waals surface area contributed by atoms with Crippen molar-refractivity contribution in [2.45, 2.75) is 64.1 Å². The number of nitrogens with one attached hydrogen (secondary N) is 2. The monoisotopic (exact) mass is 630 g/mol. The van der Waals surface area contributed by atoms with Crippen LogP contribution in [0.4, 0.5) is 17.6 Å². The van der Waals surface area contributed by atoms with Gasteiger partial charge in [0.15, 0.2) is 0 Å². The highest BCUT2D eigenvalue weighted by Gasteiger charge is 2.35. The van der Waals surface area contributed by atoms with Crippen molar-refractivity contribution in [2.24, 2.45) is 0 Å². The van der Waals surface area contributed by atoms with E-state index in [-0.39, 0.29) is 29.6 Å². The van der Waals surface area contributed by atoms with Crippen LogP contribution in [0.25, 0.3) is 0 Å². The summed E-state index contributed by atoms with van der Waals surface area (Å²) in [6.45, 7) is 4.42. The molecule has 2 aliphatic rings. The fraction of sp³-hybridized carbons (Fsp3) is 0.406. The van der Waals surface area contributed by atoms with E-state index in [4.69, 9.17) is 9.90 Å². The average molecular weight is 631 g/mol. The highest BCUT2D eigenvalue weighted by atomic mass is 19.4. The lowest BCUT2D eigenvalue weighted by molar-refractivity contribution is -0.467. The Hall–Kier alpha value is -4.55. The zero-order chi connectivity index (χ0) is 32.9. The summed E-state index contributed by atoms with van der Waals surface area (Å²) in [6.07, 6.45) is -0.786. The normalized spacial score (nSPS) is 18.7. The molecular weight excluding hydrogens is 596 g/mol. The number of alkyl halides is 3. The van der Waals surface area contributed by atoms with Crippen LogP contribution in [0.2, 0.25) is 0 Å². The summed E-state index contributed by atoms with van der Waals surface area (Å²) < 4.78 is 46.3. The van der Waals surface area contributed by atoms with Crippen molar-refractivity contribution in [1.29, 1.82) is 0 Å². The van der Waals surface area contributed by atoms with E-state index in [1.165, 1.54) is 16.5 Å². The molecule has 3 aromatic rings. The largest absolute Gasteiger partial charge is 0.542 e. The first kappa shape index (κ1) is 33.3. The topological polar surface area (TPSA) is 128 Å². The number of nitrogens with zero attached hydrogens (tertiary/aromatic N) is 2. The lowest BCUT2D eigenvalue weighted by Gasteiger charge is -2.42. The standard InChI is InChI=1S/C30H33FN4O3.C2HF3O2/c1-19-20(2)29(37)33-32-27(19)17-21-8-13-26(31)25(16-21)30(38)34-14-15-35(28(36)18-34)24-11-9-23(10-12-24)22-6-4-3-5-7-22;3-2(4,5)1(6)7/h3-8,13,16,23-24H,9-12,14-15,17-18H2,1-2H3,(H,33,37);(H,6,7). The molecule has 9 nitrogen and oxygen atoms in total. The molecule has 2 amide bonds. The number of carboxylic acid groups (broad SMARTS) is 1. The maximum absolute atomic E-state index is 14.8. The molecule has 2 aromatic carbocycles. The molecule has 0 radical (unpaired) electrons. The molecule has 1 saturated heterocycles. The molecule has 1 saturated carbocycles. The Morgan fingerprint density at radius 2 is 1.62 bits per heavy atom. The van der Waals surface area contributed by atoms with E-state index in [1.54, 1.807) is 19.1 Å². The number of H-pyrrole nitrogens is 2. The fourth-order valence-corrected chi connectivity index (χ4v) is 5.81. The molecule has 0 spiro atoms. The summed E-state index contributed by atoms with van der Waals surface area (Å²) in [4.78, 5) is 50.3. The number of carboxylic acids is 1. The van der Waals surface area contributed by atoms with Crippen molar-refractivity contribution in [2.75, 3.05) is 19.6 Å². The van der Waals surface area contributed by atoms with Crippen LogP contribution in [0.5, 0.6) is 0 Å². The molecule has 0 unspecified atom stereocenters. The van der Waals surface area contributed by atoms with E-state index >= 15 is 0 Å². The third kappa shape index (κ3) is 8.14. The molecule has 5 rings (SSSR count). The van der Waals surface area contributed by atoms with Gasteiger partial charge in [-0.3, -0.25) is 14.4 Å². The molecule has 1 aliphatic carbocycles. The lowest BCUT2D eigenvalue weighted by Crippen LogP contribution is -2.56. The van der Waals surface area contributed by atoms with Gasteiger partial charge >= 0.3 is 11.7 Å². The van der Waals surface area contributed by atoms with Gasteiger partial charge in [-0.1, -0.05) is 36.4 Å². The van der Waals surface area contributed by atoms with Crippen LogP contribution in [-0.2, 0) is 16.0 Å². The number of hydrogen-bond acceptors (Lipinski definition) is 5. The maximum Gasteiger partial charge on any atom is 0.430 e. The Morgan fingerprint density at radius 3 is 2.22 bits per heavy atom. The van der Waals surface area contributed by atoms with Gasteiger partial charge in [0.2, 0.25) is 11.6 Å². The molecule has 1 aromatic heterocycles. The number of rotatable bonds is 5. The van der Waals surface area contributed by atoms with Gasteiger partial charge in [0, 0.05) is 30.3 Å². The zero-order valence-corrected chi connectivity index (χ0v) is 24.9. The van der Waals surface area contributed by atoms with Crippen LogP contribution < -0.4 is 15.8 Å². The number of amides is 2. The number of hydrogen-bond donors (Lipinski definition) is 1. The quantitative estimate of drug-likeness (QED) is 0.434. The predicted octanol–water partition coefficient (Wildman–Crippen LogP) is 2.85. The van der Waals surface area contributed by atoms with Gasteiger partial charge in [0.25, 0.3) is 5.91 Å². The molecule has 0 bridgehead atoms. The molecule has 2 heterocycles. The molecule has 0 atom stereocenters. The third-order valence-electron chi connectivity index (χ3n) is 8.51. The van der Waals surface area contributed by atoms with Crippen molar-refractivity contribution < 1.29 is 42.2 Å². The molecule has 2 N–H and O–H groups in total. The van der Waals surface area contributed by atoms with Gasteiger partial charge in [-0.05, 0) is 68.7 Å². The summed E-state index contributed by atoms with van der Waals surface area (Å²) in [5, 5.41) is 14.3. The maximum atomic E-state index is 14.8. The number of halogens is 4. The van der Waals surface area contributed by atoms with Crippen LogP contribution in [0.1, 0.15) is 69.9 Å². The van der Waals surface area contributed by atoms with E-state index < -0.39 is 23.9 Å². The summed E-state index contributed by atoms with van der Waals surface area (Å²) in [6, 6.07) is 15.2. The van der Waals surface area contributed by atoms with Crippen LogP contribution in [0, 0.1) is 19.7 Å². The molecule has 45 heavy (non-hydrogen) atoms. The minimum Gasteiger partial charge on any atom is -0.542 e. The van der Waals surface area contributed by atoms with Gasteiger partial charge in [-0.15, -0.1) is 10.2 Å². The van der Waals surface area contributed by atoms with E-state index in [1.807, 2.05) is 17.9 Å². The van der Waals surface area contributed by atoms with E-state index in [0.29, 0.717) is 31.0 Å². The summed E-state index contributed by atoms with van der Waals surface area (Å²) in [5.74, 6) is -3.62. The van der Waals surface area contributed by atoms with Crippen molar-refractivity contribution >= 4 is 17.8 Å². The second kappa shape index (κ2) is 14.0. The Balaban J connectivity index is 0.000000591. The average Bonchev–Trinajstić information content (AvgIpc) is 3.02. The first-order chi connectivity index (χ1) is 21.3. The Kier molecular flexibility index (Phi) is 10.4. The van der Waals surface area contributed by atoms with Crippen LogP contribution in [-0.4, -0.2) is 64.5 Å². The SMILES string of the molecule is Cc1c(Cc2ccc(F)c(C(=O)N3CCN(C4CCC(c5ccccc5)CC4)C(=O)C3)c2)[nH+][nH]c(=O)c1C.O=C([O-])C(F)(F)F. The molecule has 2 fully saturated rings. The number of carbonyl (C=O) groups is 3. The number of benzene rings is 2. The first-order valence-electron chi connectivity index (χ1n) is 14.6. The lowest BCUT2D eigenvalue weighted by atomic mass is 9.81. The number of aliphatic carboxylic acids is 1. The number of aromatic amines is 2. The molecular formula is C32H34F4N4O5. The highest BCUT2D eigenvalue weighted by molar-refractivity contribution is 5.97. The van der Waals surface area contributed by atoms with Crippen molar-refractivity contribution in [3.63, 3.8) is 0 Å². The van der Waals surface area contributed by atoms with E-state index in [9.17, 15) is 31.9 Å². The highest BCUT2D eigenvalue weighted by Crippen LogP contribution is 2.35. The summed E-state index contributed by atoms with van der Waals surface area (Å²) in [7, 11) is 0. The van der Waals surface area contributed by atoms with E-state index in [2.05, 4.69) is 34.5 Å². The summed E-state index contributed by atoms with van der Waals surface area (Å²) >= 11 is 0. The van der Waals surface area contributed by atoms with Gasteiger partial charge in [0.05, 0.1) is 12.0 Å². The van der Waals surface area contributed by atoms with Crippen LogP contribution in [0.15, 0.2) is 53.3 Å². The number of carbonyl (C=O) groups excluding carboxylic acids is 3. The second-order valence-corrected chi connectivity index (χ2v) is 11.3. The molecule has 1 aliphatic heterocycles. The van der Waals surface area contributed by atoms with E-state index in [0.717, 1.165) is 42.5 Å². The number of aromatic nitrogens is 2. The van der Waals surface area contributed by atoms with Gasteiger partial charge < -0.3 is 19.7 Å². The fourth-order valence-electron chi connectivity index (χ4n) is 5.81. The Labute approximate surface area is 256 Å². The van der Waals surface area contributed by atoms with Crippen molar-refractivity contribution in [3.8, 4) is 0 Å². The number of piperazine rings is 1. The van der Waals surface area contributed by atoms with Crippen molar-refractivity contribution in [1.82, 2.24) is 14.9 Å². The minimum absolute atomic E-state index is 0.0346. The Bertz CT molecular complexity index is 1600. The molecule has 240 valence electrons. The minimum atomic E-state index is -5.19.